The highest BCUT2D eigenvalue weighted by Gasteiger charge is 2.05. The molecule has 24 heavy (non-hydrogen) atoms. The van der Waals surface area contributed by atoms with E-state index in [4.69, 9.17) is 10.4 Å². The number of nitrogens with one attached hydrogen (secondary N) is 1. The van der Waals surface area contributed by atoms with Crippen molar-refractivity contribution < 1.29 is 9.90 Å². The monoisotopic (exact) mass is 331 g/mol. The van der Waals surface area contributed by atoms with Crippen molar-refractivity contribution >= 4 is 6.09 Å². The molecule has 1 aromatic carbocycles. The standard InChI is InChI=1S/C19H29N3O2/c20-13-10-16-22(17-18-11-6-5-7-12-18)15-9-4-2-1-3-8-14-21-19(23)24/h5-7,11-12,21H,1-4,8-10,14-17H2,(H,23,24). The zero-order valence-corrected chi connectivity index (χ0v) is 14.4. The third kappa shape index (κ3) is 10.6. The Balaban J connectivity index is 2.12. The van der Waals surface area contributed by atoms with E-state index in [-0.39, 0.29) is 0 Å². The van der Waals surface area contributed by atoms with E-state index in [2.05, 4.69) is 40.6 Å². The topological polar surface area (TPSA) is 76.4 Å². The average Bonchev–Trinajstić information content (AvgIpc) is 2.58. The lowest BCUT2D eigenvalue weighted by atomic mass is 10.1. The Bertz CT molecular complexity index is 485. The van der Waals surface area contributed by atoms with Gasteiger partial charge in [0.05, 0.1) is 6.07 Å². The second-order valence-corrected chi connectivity index (χ2v) is 6.02. The number of nitrogens with zero attached hydrogens (tertiary/aromatic N) is 2. The van der Waals surface area contributed by atoms with Crippen molar-refractivity contribution in [3.8, 4) is 6.07 Å². The molecule has 0 atom stereocenters. The van der Waals surface area contributed by atoms with Gasteiger partial charge in [0.1, 0.15) is 0 Å². The highest BCUT2D eigenvalue weighted by Crippen LogP contribution is 2.09. The molecular formula is C19H29N3O2. The van der Waals surface area contributed by atoms with Gasteiger partial charge in [0.25, 0.3) is 0 Å². The molecule has 0 aliphatic rings. The van der Waals surface area contributed by atoms with Crippen LogP contribution < -0.4 is 5.32 Å². The number of amides is 1. The van der Waals surface area contributed by atoms with Crippen molar-refractivity contribution in [3.63, 3.8) is 0 Å². The van der Waals surface area contributed by atoms with Gasteiger partial charge in [-0.05, 0) is 24.9 Å². The van der Waals surface area contributed by atoms with Gasteiger partial charge in [0, 0.05) is 26.1 Å². The van der Waals surface area contributed by atoms with Crippen LogP contribution in [0.1, 0.15) is 50.5 Å². The number of carbonyl (C=O) groups is 1. The fourth-order valence-electron chi connectivity index (χ4n) is 2.68. The highest BCUT2D eigenvalue weighted by molar-refractivity contribution is 5.64. The first kappa shape index (κ1) is 20.0. The molecule has 0 aromatic heterocycles. The Morgan fingerprint density at radius 2 is 1.71 bits per heavy atom. The molecule has 0 saturated heterocycles. The molecule has 0 spiro atoms. The first-order valence-corrected chi connectivity index (χ1v) is 8.82. The molecule has 132 valence electrons. The summed E-state index contributed by atoms with van der Waals surface area (Å²) in [5.74, 6) is 0. The number of benzene rings is 1. The van der Waals surface area contributed by atoms with Crippen LogP contribution in [0.3, 0.4) is 0 Å². The molecule has 5 nitrogen and oxygen atoms in total. The number of hydrogen-bond acceptors (Lipinski definition) is 3. The SMILES string of the molecule is N#CCCN(CCCCCCCCNC(=O)O)Cc1ccccc1. The first-order valence-electron chi connectivity index (χ1n) is 8.82. The average molecular weight is 331 g/mol. The quantitative estimate of drug-likeness (QED) is 0.535. The van der Waals surface area contributed by atoms with Gasteiger partial charge in [-0.3, -0.25) is 4.90 Å². The Labute approximate surface area is 145 Å². The second kappa shape index (κ2) is 13.4. The maximum Gasteiger partial charge on any atom is 0.404 e. The Hall–Kier alpha value is -2.06. The first-order chi connectivity index (χ1) is 11.7. The van der Waals surface area contributed by atoms with Crippen LogP contribution in [-0.4, -0.2) is 35.7 Å². The largest absolute Gasteiger partial charge is 0.465 e. The smallest absolute Gasteiger partial charge is 0.404 e. The Morgan fingerprint density at radius 3 is 2.38 bits per heavy atom. The summed E-state index contributed by atoms with van der Waals surface area (Å²) in [5, 5.41) is 19.7. The lowest BCUT2D eigenvalue weighted by Gasteiger charge is -2.21. The van der Waals surface area contributed by atoms with Gasteiger partial charge in [-0.15, -0.1) is 0 Å². The minimum absolute atomic E-state index is 0.550. The number of nitriles is 1. The number of rotatable bonds is 13. The fraction of sp³-hybridized carbons (Fsp3) is 0.579. The lowest BCUT2D eigenvalue weighted by molar-refractivity contribution is 0.194. The van der Waals surface area contributed by atoms with Crippen molar-refractivity contribution in [3.05, 3.63) is 35.9 Å². The van der Waals surface area contributed by atoms with Crippen LogP contribution in [0.5, 0.6) is 0 Å². The van der Waals surface area contributed by atoms with Crippen molar-refractivity contribution in [1.82, 2.24) is 10.2 Å². The van der Waals surface area contributed by atoms with Gasteiger partial charge >= 0.3 is 6.09 Å². The van der Waals surface area contributed by atoms with E-state index in [0.29, 0.717) is 13.0 Å². The van der Waals surface area contributed by atoms with Gasteiger partial charge < -0.3 is 10.4 Å². The maximum atomic E-state index is 10.3. The van der Waals surface area contributed by atoms with Crippen LogP contribution >= 0.6 is 0 Å². The van der Waals surface area contributed by atoms with Crippen LogP contribution in [-0.2, 0) is 6.54 Å². The summed E-state index contributed by atoms with van der Waals surface area (Å²) in [4.78, 5) is 12.7. The summed E-state index contributed by atoms with van der Waals surface area (Å²) in [6.07, 6.45) is 6.28. The molecule has 0 saturated carbocycles. The summed E-state index contributed by atoms with van der Waals surface area (Å²) < 4.78 is 0. The van der Waals surface area contributed by atoms with Gasteiger partial charge in [-0.25, -0.2) is 4.79 Å². The summed E-state index contributed by atoms with van der Waals surface area (Å²) in [6, 6.07) is 12.6. The highest BCUT2D eigenvalue weighted by atomic mass is 16.4. The number of unbranched alkanes of at least 4 members (excludes halogenated alkanes) is 5. The molecule has 1 amide bonds. The van der Waals surface area contributed by atoms with Crippen molar-refractivity contribution in [2.45, 2.75) is 51.5 Å². The van der Waals surface area contributed by atoms with Crippen LogP contribution in [0.15, 0.2) is 30.3 Å². The zero-order chi connectivity index (χ0) is 17.5. The van der Waals surface area contributed by atoms with E-state index >= 15 is 0 Å². The predicted octanol–water partition coefficient (Wildman–Crippen LogP) is 4.01. The molecule has 5 heteroatoms. The van der Waals surface area contributed by atoms with E-state index in [1.807, 2.05) is 6.07 Å². The van der Waals surface area contributed by atoms with Gasteiger partial charge in [-0.2, -0.15) is 5.26 Å². The molecule has 0 aliphatic heterocycles. The van der Waals surface area contributed by atoms with Crippen molar-refractivity contribution in [1.29, 1.82) is 5.26 Å². The summed E-state index contributed by atoms with van der Waals surface area (Å²) in [5.41, 5.74) is 1.29. The Morgan fingerprint density at radius 1 is 1.04 bits per heavy atom. The third-order valence-electron chi connectivity index (χ3n) is 3.97. The van der Waals surface area contributed by atoms with Gasteiger partial charge in [0.15, 0.2) is 0 Å². The van der Waals surface area contributed by atoms with E-state index in [1.54, 1.807) is 0 Å². The summed E-state index contributed by atoms with van der Waals surface area (Å²) >= 11 is 0. The molecule has 0 fully saturated rings. The summed E-state index contributed by atoms with van der Waals surface area (Å²) in [6.45, 7) is 3.31. The molecule has 0 heterocycles. The third-order valence-corrected chi connectivity index (χ3v) is 3.97. The minimum Gasteiger partial charge on any atom is -0.465 e. The zero-order valence-electron chi connectivity index (χ0n) is 14.4. The second-order valence-electron chi connectivity index (χ2n) is 6.02. The van der Waals surface area contributed by atoms with E-state index in [0.717, 1.165) is 45.3 Å². The van der Waals surface area contributed by atoms with Crippen LogP contribution in [0, 0.1) is 11.3 Å². The van der Waals surface area contributed by atoms with E-state index in [1.165, 1.54) is 18.4 Å². The molecule has 1 aromatic rings. The summed E-state index contributed by atoms with van der Waals surface area (Å²) in [7, 11) is 0. The van der Waals surface area contributed by atoms with E-state index in [9.17, 15) is 4.79 Å². The minimum atomic E-state index is -0.939. The van der Waals surface area contributed by atoms with Gasteiger partial charge in [-0.1, -0.05) is 56.0 Å². The molecule has 0 aliphatic carbocycles. The van der Waals surface area contributed by atoms with Gasteiger partial charge in [0.2, 0.25) is 0 Å². The van der Waals surface area contributed by atoms with Crippen molar-refractivity contribution in [2.75, 3.05) is 19.6 Å². The maximum absolute atomic E-state index is 10.3. The molecule has 0 radical (unpaired) electrons. The lowest BCUT2D eigenvalue weighted by Crippen LogP contribution is -2.25. The van der Waals surface area contributed by atoms with Crippen LogP contribution in [0.4, 0.5) is 4.79 Å². The molecule has 1 rings (SSSR count). The molecule has 0 bridgehead atoms. The van der Waals surface area contributed by atoms with E-state index < -0.39 is 6.09 Å². The normalized spacial score (nSPS) is 10.5. The Kier molecular flexibility index (Phi) is 11.1. The fourth-order valence-corrected chi connectivity index (χ4v) is 2.68. The van der Waals surface area contributed by atoms with Crippen molar-refractivity contribution in [2.24, 2.45) is 0 Å². The molecule has 2 N–H and O–H groups in total. The number of hydrogen-bond donors (Lipinski definition) is 2. The predicted molar refractivity (Wildman–Crippen MR) is 95.7 cm³/mol. The number of carboxylic acid groups (broad SMARTS) is 1. The van der Waals surface area contributed by atoms with Crippen LogP contribution in [0.25, 0.3) is 0 Å². The molecular weight excluding hydrogens is 302 g/mol. The van der Waals surface area contributed by atoms with Crippen LogP contribution in [0.2, 0.25) is 0 Å². The molecule has 0 unspecified atom stereocenters.